The molecule has 1 aromatic carbocycles. The molecule has 2 aromatic rings. The number of likely N-dealkylation sites (tertiary alicyclic amines) is 1. The standard InChI is InChI=1S/C23H27FN4O4S/c1-14(2)32-22(29)28-8-7-23(10-15(23)11-28)12-31-21-19(30-3)20(25-13-26-21)27-18-6-5-16(33-4)9-17(18)24/h5-6,9,14-15H,7-8,10-12H2,1-4H3/p+1. The van der Waals surface area contributed by atoms with Crippen molar-refractivity contribution in [2.24, 2.45) is 11.3 Å². The molecule has 0 spiro atoms. The molecule has 2 heterocycles. The fraction of sp³-hybridized carbons (Fsp3) is 0.522. The topological polar surface area (TPSA) is 87.0 Å². The summed E-state index contributed by atoms with van der Waals surface area (Å²) in [4.78, 5) is 23.0. The number of rotatable bonds is 8. The van der Waals surface area contributed by atoms with E-state index >= 15 is 0 Å². The van der Waals surface area contributed by atoms with Crippen molar-refractivity contribution in [3.63, 3.8) is 0 Å². The molecule has 1 saturated carbocycles. The Morgan fingerprint density at radius 1 is 1.48 bits per heavy atom. The molecule has 1 N–H and O–H groups in total. The molecule has 8 nitrogen and oxygen atoms in total. The van der Waals surface area contributed by atoms with E-state index in [1.807, 2.05) is 26.2 Å². The minimum Gasteiger partial charge on any atom is -0.484 e. The Bertz CT molecular complexity index is 1020. The number of nitrogens with one attached hydrogen (secondary N) is 1. The van der Waals surface area contributed by atoms with Gasteiger partial charge in [0.05, 0.1) is 25.5 Å². The third kappa shape index (κ3) is 5.03. The number of carbonyl (C=O) groups is 1. The van der Waals surface area contributed by atoms with Crippen LogP contribution in [0.3, 0.4) is 0 Å². The van der Waals surface area contributed by atoms with E-state index in [2.05, 4.69) is 21.6 Å². The number of amides is 1. The van der Waals surface area contributed by atoms with Crippen LogP contribution < -0.4 is 19.8 Å². The quantitative estimate of drug-likeness (QED) is 0.578. The lowest BCUT2D eigenvalue weighted by atomic mass is 9.96. The van der Waals surface area contributed by atoms with Crippen LogP contribution in [0.5, 0.6) is 11.6 Å². The van der Waals surface area contributed by atoms with Gasteiger partial charge < -0.3 is 24.4 Å². The SMILES string of the molecule is COc1c(Nc2ccc(SC)cc2F)nc#[n+]c1OCC12CCN(C(=O)OC(C)C)CC1C2. The largest absolute Gasteiger partial charge is 0.484 e. The van der Waals surface area contributed by atoms with E-state index in [-0.39, 0.29) is 40.7 Å². The minimum atomic E-state index is -0.396. The summed E-state index contributed by atoms with van der Waals surface area (Å²) in [5, 5.41) is 2.95. The zero-order valence-corrected chi connectivity index (χ0v) is 20.0. The van der Waals surface area contributed by atoms with Crippen LogP contribution in [-0.4, -0.2) is 55.1 Å². The normalized spacial score (nSPS) is 21.2. The van der Waals surface area contributed by atoms with E-state index in [0.717, 1.165) is 17.7 Å². The summed E-state index contributed by atoms with van der Waals surface area (Å²) in [7, 11) is 1.49. The maximum atomic E-state index is 14.4. The van der Waals surface area contributed by atoms with Gasteiger partial charge in [-0.15, -0.1) is 16.7 Å². The van der Waals surface area contributed by atoms with Gasteiger partial charge in [0, 0.05) is 28.4 Å². The molecule has 2 atom stereocenters. The van der Waals surface area contributed by atoms with Crippen LogP contribution in [0.25, 0.3) is 0 Å². The Kier molecular flexibility index (Phi) is 6.70. The number of methoxy groups -OCH3 is 1. The Morgan fingerprint density at radius 3 is 2.97 bits per heavy atom. The minimum absolute atomic E-state index is 0.0118. The van der Waals surface area contributed by atoms with Crippen molar-refractivity contribution in [3.05, 3.63) is 30.3 Å². The number of anilines is 2. The fourth-order valence-corrected chi connectivity index (χ4v) is 4.58. The van der Waals surface area contributed by atoms with Crippen LogP contribution in [0.1, 0.15) is 26.7 Å². The third-order valence-corrected chi connectivity index (χ3v) is 6.85. The average Bonchev–Trinajstić information content (AvgIpc) is 3.52. The average molecular weight is 476 g/mol. The van der Waals surface area contributed by atoms with E-state index in [4.69, 9.17) is 14.2 Å². The summed E-state index contributed by atoms with van der Waals surface area (Å²) in [6.45, 7) is 5.44. The number of nitrogens with zero attached hydrogens (tertiary/aromatic N) is 3. The van der Waals surface area contributed by atoms with Gasteiger partial charge in [-0.2, -0.15) is 0 Å². The first-order valence-electron chi connectivity index (χ1n) is 10.9. The second-order valence-corrected chi connectivity index (χ2v) is 9.54. The lowest BCUT2D eigenvalue weighted by Gasteiger charge is -2.31. The molecule has 1 amide bonds. The Hall–Kier alpha value is -2.93. The predicted octanol–water partition coefficient (Wildman–Crippen LogP) is 3.73. The Balaban J connectivity index is 1.40. The van der Waals surface area contributed by atoms with E-state index in [1.165, 1.54) is 24.9 Å². The highest BCUT2D eigenvalue weighted by Crippen LogP contribution is 2.58. The van der Waals surface area contributed by atoms with Gasteiger partial charge in [-0.1, -0.05) is 0 Å². The number of hydrogen-bond donors (Lipinski definition) is 1. The second kappa shape index (κ2) is 9.51. The van der Waals surface area contributed by atoms with E-state index in [0.29, 0.717) is 25.6 Å². The van der Waals surface area contributed by atoms with Gasteiger partial charge in [0.25, 0.3) is 5.75 Å². The molecule has 1 saturated heterocycles. The number of fused-ring (bicyclic) bond motifs is 1. The van der Waals surface area contributed by atoms with Gasteiger partial charge in [-0.25, -0.2) is 9.18 Å². The Morgan fingerprint density at radius 2 is 2.30 bits per heavy atom. The molecule has 0 bridgehead atoms. The van der Waals surface area contributed by atoms with Crippen molar-refractivity contribution in [3.8, 4) is 11.6 Å². The molecule has 1 aromatic heterocycles. The molecule has 10 heteroatoms. The molecule has 2 aliphatic rings. The van der Waals surface area contributed by atoms with E-state index < -0.39 is 5.82 Å². The van der Waals surface area contributed by atoms with Crippen LogP contribution in [0, 0.1) is 23.5 Å². The number of benzene rings is 1. The van der Waals surface area contributed by atoms with Crippen molar-refractivity contribution < 1.29 is 28.4 Å². The molecular weight excluding hydrogens is 447 g/mol. The smallest absolute Gasteiger partial charge is 0.443 e. The zero-order valence-electron chi connectivity index (χ0n) is 19.2. The summed E-state index contributed by atoms with van der Waals surface area (Å²) in [5.74, 6) is 0.776. The van der Waals surface area contributed by atoms with Crippen LogP contribution in [0.15, 0.2) is 23.1 Å². The molecular formula is C23H28FN4O4S+. The monoisotopic (exact) mass is 475 g/mol. The lowest BCUT2D eigenvalue weighted by molar-refractivity contribution is -0.321. The highest BCUT2D eigenvalue weighted by Gasteiger charge is 2.58. The van der Waals surface area contributed by atoms with Gasteiger partial charge in [0.1, 0.15) is 5.82 Å². The molecule has 2 fully saturated rings. The molecule has 1 aliphatic heterocycles. The van der Waals surface area contributed by atoms with Gasteiger partial charge in [0.2, 0.25) is 0 Å². The van der Waals surface area contributed by atoms with Gasteiger partial charge in [0.15, 0.2) is 0 Å². The summed E-state index contributed by atoms with van der Waals surface area (Å²) < 4.78 is 31.3. The zero-order chi connectivity index (χ0) is 23.6. The van der Waals surface area contributed by atoms with Crippen molar-refractivity contribution >= 4 is 29.4 Å². The highest BCUT2D eigenvalue weighted by atomic mass is 32.2. The number of halogens is 1. The highest BCUT2D eigenvalue weighted by molar-refractivity contribution is 7.98. The third-order valence-electron chi connectivity index (χ3n) is 6.13. The second-order valence-electron chi connectivity index (χ2n) is 8.66. The Labute approximate surface area is 197 Å². The number of ether oxygens (including phenoxy) is 3. The number of hydrogen-bond acceptors (Lipinski definition) is 7. The van der Waals surface area contributed by atoms with E-state index in [1.54, 1.807) is 11.0 Å². The molecule has 2 unspecified atom stereocenters. The predicted molar refractivity (Wildman–Crippen MR) is 121 cm³/mol. The summed E-state index contributed by atoms with van der Waals surface area (Å²) in [6, 6.07) is 4.92. The van der Waals surface area contributed by atoms with Crippen molar-refractivity contribution in [2.75, 3.05) is 38.4 Å². The first-order valence-corrected chi connectivity index (χ1v) is 12.1. The van der Waals surface area contributed by atoms with Gasteiger partial charge in [-0.05, 0) is 57.1 Å². The van der Waals surface area contributed by atoms with Crippen molar-refractivity contribution in [1.29, 1.82) is 0 Å². The van der Waals surface area contributed by atoms with Crippen LogP contribution in [-0.2, 0) is 4.74 Å². The summed E-state index contributed by atoms with van der Waals surface area (Å²) in [6.07, 6.45) is 5.87. The van der Waals surface area contributed by atoms with Crippen LogP contribution in [0.2, 0.25) is 0 Å². The molecule has 0 radical (unpaired) electrons. The summed E-state index contributed by atoms with van der Waals surface area (Å²) in [5.41, 5.74) is 0.281. The number of carbonyl (C=O) groups excluding carboxylic acids is 1. The van der Waals surface area contributed by atoms with Gasteiger partial charge in [-0.3, -0.25) is 0 Å². The van der Waals surface area contributed by atoms with Crippen molar-refractivity contribution in [2.45, 2.75) is 37.7 Å². The molecule has 1 aliphatic carbocycles. The van der Waals surface area contributed by atoms with Crippen LogP contribution >= 0.6 is 11.8 Å². The first kappa shape index (κ1) is 23.2. The summed E-state index contributed by atoms with van der Waals surface area (Å²) >= 11 is 1.46. The lowest BCUT2D eigenvalue weighted by Crippen LogP contribution is -2.41. The molecule has 176 valence electrons. The maximum absolute atomic E-state index is 14.4. The van der Waals surface area contributed by atoms with Crippen LogP contribution in [0.4, 0.5) is 20.7 Å². The van der Waals surface area contributed by atoms with E-state index in [9.17, 15) is 9.18 Å². The number of thioether (sulfide) groups is 1. The van der Waals surface area contributed by atoms with Crippen molar-refractivity contribution in [1.82, 2.24) is 9.88 Å². The maximum Gasteiger partial charge on any atom is 0.443 e. The molecule has 33 heavy (non-hydrogen) atoms. The molecule has 4 rings (SSSR count). The van der Waals surface area contributed by atoms with Gasteiger partial charge >= 0.3 is 24.1 Å². The number of piperidine rings is 1. The first-order chi connectivity index (χ1) is 15.8. The fourth-order valence-electron chi connectivity index (χ4n) is 4.16. The number of aromatic nitrogens is 2.